The van der Waals surface area contributed by atoms with Gasteiger partial charge in [-0.25, -0.2) is 8.42 Å². The molecule has 2 saturated heterocycles. The minimum absolute atomic E-state index is 0.174. The Morgan fingerprint density at radius 3 is 2.33 bits per heavy atom. The topological polar surface area (TPSA) is 102 Å². The lowest BCUT2D eigenvalue weighted by atomic mass is 10.2. The highest BCUT2D eigenvalue weighted by Crippen LogP contribution is 2.25. The van der Waals surface area contributed by atoms with Crippen LogP contribution in [0.3, 0.4) is 0 Å². The minimum Gasteiger partial charge on any atom is -0.508 e. The summed E-state index contributed by atoms with van der Waals surface area (Å²) in [6.07, 6.45) is 0. The summed E-state index contributed by atoms with van der Waals surface area (Å²) in [6, 6.07) is 12.1. The van der Waals surface area contributed by atoms with Crippen molar-refractivity contribution < 1.29 is 23.1 Å². The lowest BCUT2D eigenvalue weighted by Crippen LogP contribution is -2.48. The Bertz CT molecular complexity index is 1080. The molecule has 9 nitrogen and oxygen atoms in total. The maximum Gasteiger partial charge on any atom is 0.243 e. The second kappa shape index (κ2) is 10.1. The van der Waals surface area contributed by atoms with Crippen LogP contribution in [0.4, 0.5) is 11.4 Å². The molecule has 0 saturated carbocycles. The molecule has 10 heteroatoms. The van der Waals surface area contributed by atoms with Crippen molar-refractivity contribution in [2.45, 2.75) is 11.8 Å². The number of ether oxygens (including phenoxy) is 1. The van der Waals surface area contributed by atoms with E-state index in [1.807, 2.05) is 12.1 Å². The van der Waals surface area contributed by atoms with Gasteiger partial charge in [-0.1, -0.05) is 6.07 Å². The van der Waals surface area contributed by atoms with Crippen LogP contribution in [0.15, 0.2) is 47.4 Å². The zero-order chi connectivity index (χ0) is 23.4. The first-order valence-corrected chi connectivity index (χ1v) is 12.5. The van der Waals surface area contributed by atoms with Gasteiger partial charge in [0.05, 0.1) is 24.7 Å². The summed E-state index contributed by atoms with van der Waals surface area (Å²) in [7, 11) is -3.64. The Morgan fingerprint density at radius 1 is 1.00 bits per heavy atom. The van der Waals surface area contributed by atoms with Crippen LogP contribution >= 0.6 is 0 Å². The molecule has 2 aromatic rings. The number of aryl methyl sites for hydroxylation is 1. The Labute approximate surface area is 194 Å². The van der Waals surface area contributed by atoms with Crippen molar-refractivity contribution in [3.05, 3.63) is 48.0 Å². The largest absolute Gasteiger partial charge is 0.508 e. The van der Waals surface area contributed by atoms with Crippen LogP contribution in [0.5, 0.6) is 5.75 Å². The molecule has 0 bridgehead atoms. The summed E-state index contributed by atoms with van der Waals surface area (Å²) in [5, 5.41) is 12.3. The van der Waals surface area contributed by atoms with Gasteiger partial charge in [0, 0.05) is 50.6 Å². The van der Waals surface area contributed by atoms with E-state index in [0.29, 0.717) is 37.6 Å². The number of hydrogen-bond acceptors (Lipinski definition) is 7. The third-order valence-corrected chi connectivity index (χ3v) is 8.05. The van der Waals surface area contributed by atoms with Crippen LogP contribution in [0.2, 0.25) is 0 Å². The lowest BCUT2D eigenvalue weighted by molar-refractivity contribution is -0.117. The number of carbonyl (C=O) groups is 1. The molecular weight excluding hydrogens is 444 g/mol. The van der Waals surface area contributed by atoms with Crippen molar-refractivity contribution in [1.82, 2.24) is 9.21 Å². The van der Waals surface area contributed by atoms with Gasteiger partial charge in [0.1, 0.15) is 5.75 Å². The molecule has 0 radical (unpaired) electrons. The Balaban J connectivity index is 1.34. The fraction of sp³-hybridized carbons (Fsp3) is 0.435. The molecule has 1 amide bonds. The maximum atomic E-state index is 13.1. The van der Waals surface area contributed by atoms with Crippen LogP contribution < -0.4 is 10.2 Å². The van der Waals surface area contributed by atoms with Crippen LogP contribution in [0.1, 0.15) is 5.56 Å². The van der Waals surface area contributed by atoms with Crippen LogP contribution in [-0.4, -0.2) is 87.7 Å². The number of aromatic hydroxyl groups is 1. The van der Waals surface area contributed by atoms with Crippen molar-refractivity contribution in [1.29, 1.82) is 0 Å². The summed E-state index contributed by atoms with van der Waals surface area (Å²) >= 11 is 0. The van der Waals surface area contributed by atoms with Crippen molar-refractivity contribution in [2.75, 3.05) is 69.2 Å². The zero-order valence-corrected chi connectivity index (χ0v) is 19.6. The number of amides is 1. The van der Waals surface area contributed by atoms with E-state index in [0.717, 1.165) is 31.9 Å². The van der Waals surface area contributed by atoms with E-state index < -0.39 is 10.0 Å². The van der Waals surface area contributed by atoms with Gasteiger partial charge in [-0.2, -0.15) is 4.31 Å². The van der Waals surface area contributed by atoms with Crippen LogP contribution in [-0.2, 0) is 19.6 Å². The van der Waals surface area contributed by atoms with Gasteiger partial charge in [0.2, 0.25) is 15.9 Å². The highest BCUT2D eigenvalue weighted by Gasteiger charge is 2.28. The van der Waals surface area contributed by atoms with Gasteiger partial charge in [-0.15, -0.1) is 0 Å². The summed E-state index contributed by atoms with van der Waals surface area (Å²) in [5.41, 5.74) is 2.16. The number of morpholine rings is 1. The number of sulfonamides is 1. The predicted octanol–water partition coefficient (Wildman–Crippen LogP) is 1.48. The van der Waals surface area contributed by atoms with Crippen LogP contribution in [0, 0.1) is 6.92 Å². The smallest absolute Gasteiger partial charge is 0.243 e. The number of phenolic OH excluding ortho intramolecular Hbond substituents is 1. The molecule has 2 fully saturated rings. The standard InChI is InChI=1S/C23H30N4O5S/c1-18-2-3-19(16-22(18)33(30,31)27-12-14-32-15-13-27)24-23(29)17-25-8-10-26(11-9-25)20-4-6-21(28)7-5-20/h2-7,16,28H,8-15,17H2,1H3,(H,24,29). The molecule has 33 heavy (non-hydrogen) atoms. The number of piperazine rings is 1. The predicted molar refractivity (Wildman–Crippen MR) is 126 cm³/mol. The maximum absolute atomic E-state index is 13.1. The molecule has 178 valence electrons. The number of phenols is 1. The molecule has 2 heterocycles. The monoisotopic (exact) mass is 474 g/mol. The van der Waals surface area contributed by atoms with Gasteiger partial charge < -0.3 is 20.1 Å². The molecule has 2 aliphatic rings. The first-order valence-electron chi connectivity index (χ1n) is 11.1. The summed E-state index contributed by atoms with van der Waals surface area (Å²) in [4.78, 5) is 17.2. The minimum atomic E-state index is -3.64. The van der Waals surface area contributed by atoms with Crippen molar-refractivity contribution in [3.8, 4) is 5.75 Å². The Hall–Kier alpha value is -2.66. The zero-order valence-electron chi connectivity index (χ0n) is 18.7. The van der Waals surface area contributed by atoms with Crippen molar-refractivity contribution in [3.63, 3.8) is 0 Å². The van der Waals surface area contributed by atoms with Gasteiger partial charge in [0.25, 0.3) is 0 Å². The van der Waals surface area contributed by atoms with E-state index in [1.54, 1.807) is 37.3 Å². The quantitative estimate of drug-likeness (QED) is 0.654. The second-order valence-corrected chi connectivity index (χ2v) is 10.2. The number of nitrogens with zero attached hydrogens (tertiary/aromatic N) is 3. The average Bonchev–Trinajstić information content (AvgIpc) is 2.82. The van der Waals surface area contributed by atoms with E-state index in [-0.39, 0.29) is 23.1 Å². The molecule has 4 rings (SSSR count). The molecule has 0 aromatic heterocycles. The Morgan fingerprint density at radius 2 is 1.67 bits per heavy atom. The van der Waals surface area contributed by atoms with Gasteiger partial charge in [0.15, 0.2) is 0 Å². The third kappa shape index (κ3) is 5.64. The number of carbonyl (C=O) groups excluding carboxylic acids is 1. The van der Waals surface area contributed by atoms with Gasteiger partial charge in [-0.05, 0) is 48.9 Å². The molecular formula is C23H30N4O5S. The SMILES string of the molecule is Cc1ccc(NC(=O)CN2CCN(c3ccc(O)cc3)CC2)cc1S(=O)(=O)N1CCOCC1. The summed E-state index contributed by atoms with van der Waals surface area (Å²) < 4.78 is 32.8. The Kier molecular flexibility index (Phi) is 7.18. The molecule has 0 aliphatic carbocycles. The molecule has 0 unspecified atom stereocenters. The highest BCUT2D eigenvalue weighted by atomic mass is 32.2. The molecule has 2 aromatic carbocycles. The third-order valence-electron chi connectivity index (χ3n) is 6.01. The van der Waals surface area contributed by atoms with E-state index in [4.69, 9.17) is 4.74 Å². The van der Waals surface area contributed by atoms with E-state index in [2.05, 4.69) is 15.1 Å². The number of rotatable bonds is 6. The fourth-order valence-electron chi connectivity index (χ4n) is 4.11. The van der Waals surface area contributed by atoms with Gasteiger partial charge in [-0.3, -0.25) is 9.69 Å². The molecule has 2 N–H and O–H groups in total. The van der Waals surface area contributed by atoms with E-state index in [9.17, 15) is 18.3 Å². The number of anilines is 2. The normalized spacial score (nSPS) is 18.3. The number of nitrogens with one attached hydrogen (secondary N) is 1. The van der Waals surface area contributed by atoms with Crippen molar-refractivity contribution >= 4 is 27.3 Å². The highest BCUT2D eigenvalue weighted by molar-refractivity contribution is 7.89. The van der Waals surface area contributed by atoms with Crippen LogP contribution in [0.25, 0.3) is 0 Å². The van der Waals surface area contributed by atoms with Gasteiger partial charge >= 0.3 is 0 Å². The lowest BCUT2D eigenvalue weighted by Gasteiger charge is -2.35. The van der Waals surface area contributed by atoms with E-state index in [1.165, 1.54) is 4.31 Å². The fourth-order valence-corrected chi connectivity index (χ4v) is 5.77. The molecule has 0 spiro atoms. The summed E-state index contributed by atoms with van der Waals surface area (Å²) in [5.74, 6) is 0.0673. The number of hydrogen-bond donors (Lipinski definition) is 2. The average molecular weight is 475 g/mol. The molecule has 2 aliphatic heterocycles. The summed E-state index contributed by atoms with van der Waals surface area (Å²) in [6.45, 7) is 6.45. The first-order chi connectivity index (χ1) is 15.8. The van der Waals surface area contributed by atoms with E-state index >= 15 is 0 Å². The number of benzene rings is 2. The second-order valence-electron chi connectivity index (χ2n) is 8.32. The van der Waals surface area contributed by atoms with Crippen molar-refractivity contribution in [2.24, 2.45) is 0 Å². The molecule has 0 atom stereocenters. The first kappa shape index (κ1) is 23.5.